The van der Waals surface area contributed by atoms with Crippen LogP contribution < -0.4 is 14.5 Å². The predicted molar refractivity (Wildman–Crippen MR) is 297 cm³/mol. The average Bonchev–Trinajstić information content (AvgIpc) is 3.89. The van der Waals surface area contributed by atoms with Gasteiger partial charge in [-0.25, -0.2) is 4.98 Å². The van der Waals surface area contributed by atoms with E-state index in [0.29, 0.717) is 11.5 Å². The van der Waals surface area contributed by atoms with Gasteiger partial charge < -0.3 is 19.1 Å². The van der Waals surface area contributed by atoms with E-state index in [-0.39, 0.29) is 48.1 Å². The number of hydrogen-bond donors (Lipinski definition) is 0. The Morgan fingerprint density at radius 2 is 1.04 bits per heavy atom. The maximum absolute atomic E-state index is 7.06. The van der Waals surface area contributed by atoms with Gasteiger partial charge in [0.2, 0.25) is 0 Å². The van der Waals surface area contributed by atoms with E-state index in [0.717, 1.165) is 55.9 Å². The topological polar surface area (TPSA) is 33.5 Å². The molecule has 0 spiro atoms. The Balaban J connectivity index is 0.00000640. The molecule has 2 aromatic heterocycles. The Morgan fingerprint density at radius 3 is 1.67 bits per heavy atom. The van der Waals surface area contributed by atoms with Crippen molar-refractivity contribution in [1.82, 2.24) is 9.55 Å². The van der Waals surface area contributed by atoms with Crippen LogP contribution in [0.4, 0.5) is 22.7 Å². The summed E-state index contributed by atoms with van der Waals surface area (Å²) in [4.78, 5) is 9.62. The largest absolute Gasteiger partial charge is 0.509 e. The van der Waals surface area contributed by atoms with Crippen molar-refractivity contribution in [3.05, 3.63) is 222 Å². The van der Waals surface area contributed by atoms with Gasteiger partial charge in [-0.2, -0.15) is 6.07 Å². The first-order chi connectivity index (χ1) is 33.6. The summed E-state index contributed by atoms with van der Waals surface area (Å²) in [6.45, 7) is 32.1. The standard InChI is InChI=1S/C66H67N4O.Pt/c1-62(2,3)46-33-34-67-61(38-46)70-57-30-21-20-29-53(57)54-32-31-51(40-58(54)70)71-52-37-48(66(12,13)45-25-18-15-19-26-45)36-50(39-52)69-43-68(59-41-55(63(4,5)6)56(42-60(59)69)64(7,8)9)49-28-22-27-47(35-49)65(10,11)44-23-16-14-17-24-44;/h14-38,41-43H,1-13H3;/q-3;. The van der Waals surface area contributed by atoms with Crippen molar-refractivity contribution >= 4 is 44.6 Å². The molecular weight excluding hydrogens is 1060 g/mol. The molecule has 0 saturated heterocycles. The molecule has 0 saturated carbocycles. The SMILES string of the molecule is CC(C)(C)c1ccnc(-n2c3[c-]c(Oc4[c-]c(N5[CH-]N(c6cccc(C(C)(C)c7ccccc7)c6)c6cc(C(C)(C)C)c(C(C)(C)C)cc65)cc(C(C)(C)c5ccccc5)c4)ccc3c3ccccc32)c1.[Pt]. The van der Waals surface area contributed by atoms with E-state index in [1.165, 1.54) is 33.4 Å². The van der Waals surface area contributed by atoms with Crippen molar-refractivity contribution < 1.29 is 25.8 Å². The summed E-state index contributed by atoms with van der Waals surface area (Å²) in [5, 5.41) is 2.23. The third kappa shape index (κ3) is 9.30. The average molecular weight is 1130 g/mol. The molecule has 0 radical (unpaired) electrons. The zero-order chi connectivity index (χ0) is 50.3. The third-order valence-corrected chi connectivity index (χ3v) is 14.7. The zero-order valence-electron chi connectivity index (χ0n) is 44.2. The molecule has 0 N–H and O–H groups in total. The van der Waals surface area contributed by atoms with E-state index in [1.54, 1.807) is 0 Å². The Morgan fingerprint density at radius 1 is 0.458 bits per heavy atom. The van der Waals surface area contributed by atoms with Crippen LogP contribution in [0.15, 0.2) is 164 Å². The van der Waals surface area contributed by atoms with Crippen LogP contribution in [0.3, 0.4) is 0 Å². The number of ether oxygens (including phenoxy) is 1. The first-order valence-electron chi connectivity index (χ1n) is 25.1. The van der Waals surface area contributed by atoms with Gasteiger partial charge in [-0.05, 0) is 103 Å². The van der Waals surface area contributed by atoms with Crippen LogP contribution in [-0.4, -0.2) is 9.55 Å². The second kappa shape index (κ2) is 18.6. The number of anilines is 4. The third-order valence-electron chi connectivity index (χ3n) is 14.7. The van der Waals surface area contributed by atoms with Crippen LogP contribution in [-0.2, 0) is 48.1 Å². The first kappa shape index (κ1) is 50.5. The quantitative estimate of drug-likeness (QED) is 0.135. The monoisotopic (exact) mass is 1130 g/mol. The first-order valence-corrected chi connectivity index (χ1v) is 25.1. The number of para-hydroxylation sites is 1. The van der Waals surface area contributed by atoms with Crippen molar-refractivity contribution in [1.29, 1.82) is 0 Å². The maximum atomic E-state index is 7.06. The Hall–Kier alpha value is -6.42. The number of fused-ring (bicyclic) bond motifs is 4. The minimum atomic E-state index is -0.390. The minimum absolute atomic E-state index is 0. The maximum Gasteiger partial charge on any atom is 0.135 e. The summed E-state index contributed by atoms with van der Waals surface area (Å²) in [6.07, 6.45) is 1.92. The van der Waals surface area contributed by atoms with Gasteiger partial charge in [0.15, 0.2) is 0 Å². The van der Waals surface area contributed by atoms with Crippen molar-refractivity contribution in [3.63, 3.8) is 0 Å². The zero-order valence-corrected chi connectivity index (χ0v) is 46.5. The van der Waals surface area contributed by atoms with Crippen LogP contribution in [0, 0.1) is 18.8 Å². The molecule has 5 nitrogen and oxygen atoms in total. The molecule has 1 aliphatic heterocycles. The van der Waals surface area contributed by atoms with E-state index in [1.807, 2.05) is 12.3 Å². The molecule has 0 bridgehead atoms. The molecule has 0 fully saturated rings. The van der Waals surface area contributed by atoms with Gasteiger partial charge in [-0.1, -0.05) is 187 Å². The van der Waals surface area contributed by atoms with Gasteiger partial charge in [0.05, 0.1) is 0 Å². The van der Waals surface area contributed by atoms with Gasteiger partial charge >= 0.3 is 0 Å². The van der Waals surface area contributed by atoms with E-state index < -0.39 is 0 Å². The van der Waals surface area contributed by atoms with Crippen molar-refractivity contribution in [2.75, 3.05) is 9.80 Å². The van der Waals surface area contributed by atoms with Crippen LogP contribution in [0.25, 0.3) is 27.6 Å². The summed E-state index contributed by atoms with van der Waals surface area (Å²) in [7, 11) is 0. The van der Waals surface area contributed by atoms with Gasteiger partial charge in [0.25, 0.3) is 0 Å². The number of nitrogens with zero attached hydrogens (tertiary/aromatic N) is 4. The molecule has 9 aromatic rings. The minimum Gasteiger partial charge on any atom is -0.509 e. The molecule has 3 heterocycles. The van der Waals surface area contributed by atoms with Crippen molar-refractivity contribution in [3.8, 4) is 17.3 Å². The van der Waals surface area contributed by atoms with Crippen molar-refractivity contribution in [2.24, 2.45) is 0 Å². The molecule has 0 aliphatic carbocycles. The number of aromatic nitrogens is 2. The fourth-order valence-corrected chi connectivity index (χ4v) is 10.3. The van der Waals surface area contributed by atoms with Crippen LogP contribution in [0.2, 0.25) is 0 Å². The number of benzene rings is 7. The molecule has 0 atom stereocenters. The van der Waals surface area contributed by atoms with Gasteiger partial charge in [0.1, 0.15) is 5.82 Å². The second-order valence-electron chi connectivity index (χ2n) is 23.6. The molecule has 72 heavy (non-hydrogen) atoms. The van der Waals surface area contributed by atoms with Gasteiger partial charge in [-0.15, -0.1) is 53.6 Å². The Labute approximate surface area is 443 Å². The summed E-state index contributed by atoms with van der Waals surface area (Å²) in [6, 6.07) is 64.5. The smallest absolute Gasteiger partial charge is 0.135 e. The van der Waals surface area contributed by atoms with E-state index >= 15 is 0 Å². The number of rotatable bonds is 9. The summed E-state index contributed by atoms with van der Waals surface area (Å²) < 4.78 is 9.28. The predicted octanol–water partition coefficient (Wildman–Crippen LogP) is 17.5. The molecule has 1 aliphatic rings. The van der Waals surface area contributed by atoms with Crippen LogP contribution >= 0.6 is 0 Å². The molecule has 7 aromatic carbocycles. The molecule has 10 rings (SSSR count). The summed E-state index contributed by atoms with van der Waals surface area (Å²) in [5.74, 6) is 2.05. The molecule has 370 valence electrons. The van der Waals surface area contributed by atoms with Gasteiger partial charge in [-0.3, -0.25) is 0 Å². The summed E-state index contributed by atoms with van der Waals surface area (Å²) in [5.41, 5.74) is 14.0. The van der Waals surface area contributed by atoms with Gasteiger partial charge in [0, 0.05) is 66.8 Å². The number of pyridine rings is 1. The fourth-order valence-electron chi connectivity index (χ4n) is 10.3. The Bertz CT molecular complexity index is 3440. The Kier molecular flexibility index (Phi) is 13.0. The molecule has 0 amide bonds. The van der Waals surface area contributed by atoms with E-state index in [2.05, 4.69) is 275 Å². The summed E-state index contributed by atoms with van der Waals surface area (Å²) >= 11 is 0. The van der Waals surface area contributed by atoms with Crippen LogP contribution in [0.1, 0.15) is 129 Å². The van der Waals surface area contributed by atoms with Crippen molar-refractivity contribution in [2.45, 2.75) is 117 Å². The molecule has 0 unspecified atom stereocenters. The fraction of sp³-hybridized carbons (Fsp3) is 0.273. The van der Waals surface area contributed by atoms with Crippen LogP contribution in [0.5, 0.6) is 11.5 Å². The van der Waals surface area contributed by atoms with E-state index in [9.17, 15) is 0 Å². The van der Waals surface area contributed by atoms with E-state index in [4.69, 9.17) is 9.72 Å². The number of hydrogen-bond acceptors (Lipinski definition) is 4. The normalized spacial score (nSPS) is 13.4. The molecular formula is C66H67N4OPt-3. The molecule has 6 heteroatoms. The second-order valence-corrected chi connectivity index (χ2v) is 23.6.